The van der Waals surface area contributed by atoms with E-state index >= 15 is 0 Å². The zero-order chi connectivity index (χ0) is 23.6. The molecule has 0 aliphatic carbocycles. The summed E-state index contributed by atoms with van der Waals surface area (Å²) in [5.41, 5.74) is 1.69. The number of ether oxygens (including phenoxy) is 1. The van der Waals surface area contributed by atoms with Crippen molar-refractivity contribution in [2.24, 2.45) is 0 Å². The van der Waals surface area contributed by atoms with Crippen LogP contribution in [0.4, 0.5) is 5.69 Å². The molecule has 1 aliphatic heterocycles. The number of nitrogens with zero attached hydrogens (tertiary/aromatic N) is 3. The third-order valence-corrected chi connectivity index (χ3v) is 7.76. The summed E-state index contributed by atoms with van der Waals surface area (Å²) in [5, 5.41) is 3.28. The Kier molecular flexibility index (Phi) is 6.53. The molecule has 0 saturated carbocycles. The highest BCUT2D eigenvalue weighted by Gasteiger charge is 2.28. The van der Waals surface area contributed by atoms with E-state index in [9.17, 15) is 13.2 Å². The van der Waals surface area contributed by atoms with Gasteiger partial charge >= 0.3 is 0 Å². The number of aromatic nitrogens is 1. The van der Waals surface area contributed by atoms with Gasteiger partial charge in [0.25, 0.3) is 5.91 Å². The molecule has 33 heavy (non-hydrogen) atoms. The number of likely N-dealkylation sites (N-methyl/N-ethyl adjacent to an activating group) is 1. The monoisotopic (exact) mass is 468 g/mol. The van der Waals surface area contributed by atoms with Gasteiger partial charge in [0.15, 0.2) is 0 Å². The van der Waals surface area contributed by atoms with Crippen molar-refractivity contribution in [3.63, 3.8) is 0 Å². The predicted octanol–water partition coefficient (Wildman–Crippen LogP) is 2.58. The predicted molar refractivity (Wildman–Crippen MR) is 128 cm³/mol. The van der Waals surface area contributed by atoms with Crippen LogP contribution in [0.1, 0.15) is 16.8 Å². The van der Waals surface area contributed by atoms with Crippen LogP contribution in [0.25, 0.3) is 10.9 Å². The lowest BCUT2D eigenvalue weighted by Gasteiger charge is -2.27. The van der Waals surface area contributed by atoms with Gasteiger partial charge in [0.1, 0.15) is 10.6 Å². The number of benzene rings is 2. The molecule has 0 spiro atoms. The van der Waals surface area contributed by atoms with Crippen LogP contribution >= 0.6 is 0 Å². The first-order valence-corrected chi connectivity index (χ1v) is 12.3. The van der Waals surface area contributed by atoms with Gasteiger partial charge in [-0.05, 0) is 62.5 Å². The number of methoxy groups -OCH3 is 1. The van der Waals surface area contributed by atoms with Crippen LogP contribution < -0.4 is 15.0 Å². The first-order valence-electron chi connectivity index (χ1n) is 10.8. The van der Waals surface area contributed by atoms with Gasteiger partial charge in [-0.3, -0.25) is 9.78 Å². The van der Waals surface area contributed by atoms with Crippen LogP contribution in [0.15, 0.2) is 58.5 Å². The molecular weight excluding hydrogens is 440 g/mol. The zero-order valence-electron chi connectivity index (χ0n) is 19.0. The second-order valence-electron chi connectivity index (χ2n) is 8.10. The lowest BCUT2D eigenvalue weighted by Crippen LogP contribution is -2.30. The summed E-state index contributed by atoms with van der Waals surface area (Å²) in [6.45, 7) is 3.12. The molecule has 2 heterocycles. The first kappa shape index (κ1) is 23.0. The molecule has 1 aliphatic rings. The van der Waals surface area contributed by atoms with E-state index in [2.05, 4.69) is 27.1 Å². The number of pyridine rings is 1. The number of anilines is 1. The van der Waals surface area contributed by atoms with E-state index in [0.717, 1.165) is 19.5 Å². The zero-order valence-corrected chi connectivity index (χ0v) is 19.9. The van der Waals surface area contributed by atoms with Crippen molar-refractivity contribution in [2.45, 2.75) is 16.2 Å². The molecule has 1 aromatic heterocycles. The fraction of sp³-hybridized carbons (Fsp3) is 0.333. The minimum atomic E-state index is -3.87. The van der Waals surface area contributed by atoms with Crippen LogP contribution in [0.5, 0.6) is 5.75 Å². The number of amides is 1. The third kappa shape index (κ3) is 4.51. The molecule has 174 valence electrons. The summed E-state index contributed by atoms with van der Waals surface area (Å²) in [6.07, 6.45) is 2.34. The molecular formula is C24H28N4O4S. The average molecular weight is 469 g/mol. The van der Waals surface area contributed by atoms with E-state index in [0.29, 0.717) is 41.0 Å². The Labute approximate surface area is 194 Å². The van der Waals surface area contributed by atoms with Crippen molar-refractivity contribution >= 4 is 32.3 Å². The van der Waals surface area contributed by atoms with E-state index in [1.165, 1.54) is 13.3 Å². The normalized spacial score (nSPS) is 15.3. The number of rotatable bonds is 5. The van der Waals surface area contributed by atoms with E-state index in [-0.39, 0.29) is 15.7 Å². The Hall–Kier alpha value is -3.17. The fourth-order valence-corrected chi connectivity index (χ4v) is 5.55. The van der Waals surface area contributed by atoms with Crippen LogP contribution in [0, 0.1) is 0 Å². The second-order valence-corrected chi connectivity index (χ2v) is 10.0. The Balaban J connectivity index is 1.95. The van der Waals surface area contributed by atoms with Gasteiger partial charge in [0.2, 0.25) is 9.84 Å². The summed E-state index contributed by atoms with van der Waals surface area (Å²) in [6, 6.07) is 11.5. The number of fused-ring (bicyclic) bond motifs is 1. The molecule has 1 saturated heterocycles. The van der Waals surface area contributed by atoms with Gasteiger partial charge in [-0.1, -0.05) is 0 Å². The number of hydrogen-bond donors (Lipinski definition) is 1. The Morgan fingerprint density at radius 3 is 2.52 bits per heavy atom. The third-order valence-electron chi connectivity index (χ3n) is 5.99. The maximum Gasteiger partial charge on any atom is 0.251 e. The lowest BCUT2D eigenvalue weighted by molar-refractivity contribution is 0.0963. The van der Waals surface area contributed by atoms with Crippen LogP contribution in [-0.4, -0.2) is 71.6 Å². The highest BCUT2D eigenvalue weighted by atomic mass is 32.2. The number of carbonyl (C=O) groups is 1. The van der Waals surface area contributed by atoms with Gasteiger partial charge in [-0.2, -0.15) is 0 Å². The molecule has 0 atom stereocenters. The Morgan fingerprint density at radius 1 is 1.06 bits per heavy atom. The molecule has 3 aromatic rings. The molecule has 0 bridgehead atoms. The summed E-state index contributed by atoms with van der Waals surface area (Å²) in [5.74, 6) is 0.346. The minimum Gasteiger partial charge on any atom is -0.497 e. The minimum absolute atomic E-state index is 0.138. The van der Waals surface area contributed by atoms with Crippen LogP contribution in [-0.2, 0) is 9.84 Å². The maximum atomic E-state index is 13.8. The Bertz CT molecular complexity index is 1280. The highest BCUT2D eigenvalue weighted by Crippen LogP contribution is 2.37. The summed E-state index contributed by atoms with van der Waals surface area (Å²) < 4.78 is 32.7. The van der Waals surface area contributed by atoms with Crippen LogP contribution in [0.2, 0.25) is 0 Å². The van der Waals surface area contributed by atoms with E-state index in [4.69, 9.17) is 4.74 Å². The van der Waals surface area contributed by atoms with Gasteiger partial charge < -0.3 is 19.9 Å². The topological polar surface area (TPSA) is 91.8 Å². The SMILES string of the molecule is CNC(=O)c1ccc2ncc(S(=O)(=O)c3ccc(OC)cc3)c(N3CCCN(C)CC3)c2c1. The standard InChI is InChI=1S/C24H28N4O4S/c1-25-24(29)17-5-10-21-20(15-17)23(28-12-4-11-27(2)13-14-28)22(16-26-21)33(30,31)19-8-6-18(32-3)7-9-19/h5-10,15-16H,4,11-14H2,1-3H3,(H,25,29). The molecule has 8 nitrogen and oxygen atoms in total. The van der Waals surface area contributed by atoms with E-state index in [1.807, 2.05) is 0 Å². The summed E-state index contributed by atoms with van der Waals surface area (Å²) >= 11 is 0. The van der Waals surface area contributed by atoms with Gasteiger partial charge in [-0.15, -0.1) is 0 Å². The molecule has 2 aromatic carbocycles. The quantitative estimate of drug-likeness (QED) is 0.615. The summed E-state index contributed by atoms with van der Waals surface area (Å²) in [4.78, 5) is 21.4. The van der Waals surface area contributed by atoms with Crippen molar-refractivity contribution in [1.82, 2.24) is 15.2 Å². The summed E-state index contributed by atoms with van der Waals surface area (Å²) in [7, 11) is 1.30. The molecule has 1 N–H and O–H groups in total. The number of carbonyl (C=O) groups excluding carboxylic acids is 1. The molecule has 0 unspecified atom stereocenters. The van der Waals surface area contributed by atoms with Crippen molar-refractivity contribution in [2.75, 3.05) is 52.3 Å². The van der Waals surface area contributed by atoms with Gasteiger partial charge in [0, 0.05) is 43.8 Å². The molecule has 1 amide bonds. The Morgan fingerprint density at radius 2 is 1.82 bits per heavy atom. The first-order chi connectivity index (χ1) is 15.8. The molecule has 1 fully saturated rings. The number of nitrogens with one attached hydrogen (secondary N) is 1. The van der Waals surface area contributed by atoms with Crippen molar-refractivity contribution in [3.05, 3.63) is 54.2 Å². The average Bonchev–Trinajstić information content (AvgIpc) is 3.06. The smallest absolute Gasteiger partial charge is 0.251 e. The molecule has 4 rings (SSSR count). The van der Waals surface area contributed by atoms with E-state index < -0.39 is 9.84 Å². The number of hydrogen-bond acceptors (Lipinski definition) is 7. The van der Waals surface area contributed by atoms with Gasteiger partial charge in [0.05, 0.1) is 23.2 Å². The van der Waals surface area contributed by atoms with Crippen molar-refractivity contribution in [3.8, 4) is 5.75 Å². The largest absolute Gasteiger partial charge is 0.497 e. The van der Waals surface area contributed by atoms with Gasteiger partial charge in [-0.25, -0.2) is 8.42 Å². The highest BCUT2D eigenvalue weighted by molar-refractivity contribution is 7.91. The number of sulfone groups is 1. The fourth-order valence-electron chi connectivity index (χ4n) is 4.12. The van der Waals surface area contributed by atoms with Crippen LogP contribution in [0.3, 0.4) is 0 Å². The van der Waals surface area contributed by atoms with Crippen molar-refractivity contribution in [1.29, 1.82) is 0 Å². The molecule has 9 heteroatoms. The van der Waals surface area contributed by atoms with Crippen molar-refractivity contribution < 1.29 is 17.9 Å². The lowest BCUT2D eigenvalue weighted by atomic mass is 10.1. The maximum absolute atomic E-state index is 13.8. The van der Waals surface area contributed by atoms with E-state index in [1.54, 1.807) is 49.5 Å². The second kappa shape index (κ2) is 9.36. The molecule has 0 radical (unpaired) electrons.